The van der Waals surface area contributed by atoms with Gasteiger partial charge in [0.25, 0.3) is 5.91 Å². The van der Waals surface area contributed by atoms with Crippen molar-refractivity contribution < 1.29 is 4.79 Å². The summed E-state index contributed by atoms with van der Waals surface area (Å²) in [5, 5.41) is 7.15. The minimum Gasteiger partial charge on any atom is -0.322 e. The third-order valence-electron chi connectivity index (χ3n) is 3.99. The number of amides is 1. The lowest BCUT2D eigenvalue weighted by Crippen LogP contribution is -2.12. The van der Waals surface area contributed by atoms with Gasteiger partial charge in [0.15, 0.2) is 0 Å². The maximum absolute atomic E-state index is 12.6. The molecule has 1 aromatic heterocycles. The van der Waals surface area contributed by atoms with Crippen molar-refractivity contribution in [3.8, 4) is 0 Å². The van der Waals surface area contributed by atoms with Gasteiger partial charge in [-0.15, -0.1) is 0 Å². The zero-order chi connectivity index (χ0) is 14.9. The van der Waals surface area contributed by atoms with Gasteiger partial charge in [0.05, 0.1) is 5.52 Å². The number of rotatable bonds is 2. The number of nitrogens with one attached hydrogen (secondary N) is 2. The van der Waals surface area contributed by atoms with Gasteiger partial charge in [-0.05, 0) is 41.5 Å². The van der Waals surface area contributed by atoms with E-state index in [1.807, 2.05) is 42.5 Å². The van der Waals surface area contributed by atoms with E-state index in [-0.39, 0.29) is 5.91 Å². The Morgan fingerprint density at radius 2 is 1.95 bits per heavy atom. The number of fused-ring (bicyclic) bond motifs is 2. The molecule has 108 valence electrons. The molecule has 4 nitrogen and oxygen atoms in total. The van der Waals surface area contributed by atoms with Crippen LogP contribution in [0.3, 0.4) is 0 Å². The van der Waals surface area contributed by atoms with Gasteiger partial charge in [0.2, 0.25) is 0 Å². The Balaban J connectivity index is 1.66. The van der Waals surface area contributed by atoms with Crippen molar-refractivity contribution in [1.29, 1.82) is 0 Å². The zero-order valence-electron chi connectivity index (χ0n) is 12.0. The van der Waals surface area contributed by atoms with Gasteiger partial charge in [-0.1, -0.05) is 18.2 Å². The van der Waals surface area contributed by atoms with E-state index in [2.05, 4.69) is 21.7 Å². The lowest BCUT2D eigenvalue weighted by molar-refractivity contribution is 0.102. The van der Waals surface area contributed by atoms with E-state index in [4.69, 9.17) is 0 Å². The van der Waals surface area contributed by atoms with Crippen molar-refractivity contribution in [3.05, 3.63) is 71.4 Å². The summed E-state index contributed by atoms with van der Waals surface area (Å²) >= 11 is 0. The van der Waals surface area contributed by atoms with Crippen LogP contribution >= 0.6 is 0 Å². The number of anilines is 1. The molecule has 22 heavy (non-hydrogen) atoms. The minimum atomic E-state index is -0.107. The normalized spacial score (nSPS) is 13.1. The van der Waals surface area contributed by atoms with E-state index in [1.165, 1.54) is 11.1 Å². The predicted molar refractivity (Wildman–Crippen MR) is 86.7 cm³/mol. The molecule has 1 aliphatic rings. The fourth-order valence-electron chi connectivity index (χ4n) is 2.87. The highest BCUT2D eigenvalue weighted by molar-refractivity contribution is 6.12. The standard InChI is InChI=1S/C18H15N3O/c22-18(16-3-1-5-17-15(16)4-2-8-20-17)21-14-7-6-12-10-19-11-13(12)9-14/h1-9,19H,10-11H2,(H,21,22). The van der Waals surface area contributed by atoms with Crippen LogP contribution in [0.2, 0.25) is 0 Å². The Kier molecular flexibility index (Phi) is 3.09. The molecule has 0 bridgehead atoms. The van der Waals surface area contributed by atoms with Crippen LogP contribution in [-0.2, 0) is 13.1 Å². The second-order valence-electron chi connectivity index (χ2n) is 5.42. The molecule has 1 amide bonds. The third kappa shape index (κ3) is 2.23. The molecule has 0 spiro atoms. The molecule has 0 fully saturated rings. The molecule has 0 radical (unpaired) electrons. The SMILES string of the molecule is O=C(Nc1ccc2c(c1)CNC2)c1cccc2ncccc12. The first-order valence-electron chi connectivity index (χ1n) is 7.29. The molecule has 2 heterocycles. The largest absolute Gasteiger partial charge is 0.322 e. The number of carbonyl (C=O) groups excluding carboxylic acids is 1. The van der Waals surface area contributed by atoms with Gasteiger partial charge in [-0.25, -0.2) is 0 Å². The van der Waals surface area contributed by atoms with Crippen molar-refractivity contribution >= 4 is 22.5 Å². The maximum atomic E-state index is 12.6. The highest BCUT2D eigenvalue weighted by atomic mass is 16.1. The summed E-state index contributed by atoms with van der Waals surface area (Å²) in [5.74, 6) is -0.107. The molecule has 1 aliphatic heterocycles. The number of benzene rings is 2. The third-order valence-corrected chi connectivity index (χ3v) is 3.99. The zero-order valence-corrected chi connectivity index (χ0v) is 12.0. The van der Waals surface area contributed by atoms with Crippen molar-refractivity contribution in [2.45, 2.75) is 13.1 Å². The molecular weight excluding hydrogens is 274 g/mol. The van der Waals surface area contributed by atoms with Gasteiger partial charge in [0.1, 0.15) is 0 Å². The topological polar surface area (TPSA) is 54.0 Å². The van der Waals surface area contributed by atoms with Crippen molar-refractivity contribution in [2.24, 2.45) is 0 Å². The summed E-state index contributed by atoms with van der Waals surface area (Å²) in [6.45, 7) is 1.76. The van der Waals surface area contributed by atoms with Gasteiger partial charge in [-0.2, -0.15) is 0 Å². The number of carbonyl (C=O) groups is 1. The molecule has 2 aromatic carbocycles. The Morgan fingerprint density at radius 1 is 1.05 bits per heavy atom. The Hall–Kier alpha value is -2.72. The van der Waals surface area contributed by atoms with Crippen LogP contribution in [0.1, 0.15) is 21.5 Å². The second kappa shape index (κ2) is 5.24. The van der Waals surface area contributed by atoms with Crippen LogP contribution in [0.15, 0.2) is 54.7 Å². The summed E-state index contributed by atoms with van der Waals surface area (Å²) in [6, 6.07) is 15.4. The summed E-state index contributed by atoms with van der Waals surface area (Å²) < 4.78 is 0. The summed E-state index contributed by atoms with van der Waals surface area (Å²) in [4.78, 5) is 16.9. The smallest absolute Gasteiger partial charge is 0.256 e. The fraction of sp³-hybridized carbons (Fsp3) is 0.111. The first-order valence-corrected chi connectivity index (χ1v) is 7.29. The summed E-state index contributed by atoms with van der Waals surface area (Å²) in [5.41, 5.74) is 4.84. The monoisotopic (exact) mass is 289 g/mol. The fourth-order valence-corrected chi connectivity index (χ4v) is 2.87. The van der Waals surface area contributed by atoms with Crippen LogP contribution in [0.4, 0.5) is 5.69 Å². The van der Waals surface area contributed by atoms with Gasteiger partial charge < -0.3 is 10.6 Å². The molecule has 4 rings (SSSR count). The van der Waals surface area contributed by atoms with Gasteiger partial charge in [-0.3, -0.25) is 9.78 Å². The number of pyridine rings is 1. The highest BCUT2D eigenvalue weighted by Gasteiger charge is 2.13. The predicted octanol–water partition coefficient (Wildman–Crippen LogP) is 3.09. The van der Waals surface area contributed by atoms with Crippen molar-refractivity contribution in [2.75, 3.05) is 5.32 Å². The quantitative estimate of drug-likeness (QED) is 0.762. The molecule has 3 aromatic rings. The van der Waals surface area contributed by atoms with E-state index in [0.717, 1.165) is 29.7 Å². The molecule has 0 atom stereocenters. The Morgan fingerprint density at radius 3 is 2.91 bits per heavy atom. The van der Waals surface area contributed by atoms with Gasteiger partial charge >= 0.3 is 0 Å². The Labute approximate surface area is 128 Å². The molecule has 0 saturated heterocycles. The lowest BCUT2D eigenvalue weighted by atomic mass is 10.1. The van der Waals surface area contributed by atoms with E-state index < -0.39 is 0 Å². The Bertz CT molecular complexity index is 868. The minimum absolute atomic E-state index is 0.107. The van der Waals surface area contributed by atoms with E-state index in [1.54, 1.807) is 6.20 Å². The van der Waals surface area contributed by atoms with Gasteiger partial charge in [0, 0.05) is 35.9 Å². The van der Waals surface area contributed by atoms with Crippen LogP contribution in [-0.4, -0.2) is 10.9 Å². The lowest BCUT2D eigenvalue weighted by Gasteiger charge is -2.09. The first-order chi connectivity index (χ1) is 10.8. The van der Waals surface area contributed by atoms with E-state index in [0.29, 0.717) is 5.56 Å². The average Bonchev–Trinajstić information content (AvgIpc) is 3.02. The van der Waals surface area contributed by atoms with Crippen LogP contribution in [0.5, 0.6) is 0 Å². The number of hydrogen-bond donors (Lipinski definition) is 2. The maximum Gasteiger partial charge on any atom is 0.256 e. The number of aromatic nitrogens is 1. The van der Waals surface area contributed by atoms with Crippen LogP contribution in [0, 0.1) is 0 Å². The van der Waals surface area contributed by atoms with Crippen molar-refractivity contribution in [1.82, 2.24) is 10.3 Å². The molecule has 2 N–H and O–H groups in total. The highest BCUT2D eigenvalue weighted by Crippen LogP contribution is 2.22. The molecule has 0 aliphatic carbocycles. The average molecular weight is 289 g/mol. The van der Waals surface area contributed by atoms with E-state index in [9.17, 15) is 4.79 Å². The van der Waals surface area contributed by atoms with Crippen LogP contribution < -0.4 is 10.6 Å². The van der Waals surface area contributed by atoms with Crippen LogP contribution in [0.25, 0.3) is 10.9 Å². The number of nitrogens with zero attached hydrogens (tertiary/aromatic N) is 1. The second-order valence-corrected chi connectivity index (χ2v) is 5.42. The number of hydrogen-bond acceptors (Lipinski definition) is 3. The molecule has 4 heteroatoms. The molecular formula is C18H15N3O. The summed E-state index contributed by atoms with van der Waals surface area (Å²) in [6.07, 6.45) is 1.73. The first kappa shape index (κ1) is 13.0. The molecule has 0 unspecified atom stereocenters. The summed E-state index contributed by atoms with van der Waals surface area (Å²) in [7, 11) is 0. The molecule has 0 saturated carbocycles. The van der Waals surface area contributed by atoms with E-state index >= 15 is 0 Å². The van der Waals surface area contributed by atoms with Crippen molar-refractivity contribution in [3.63, 3.8) is 0 Å².